The zero-order valence-electron chi connectivity index (χ0n) is 11.9. The van der Waals surface area contributed by atoms with Crippen LogP contribution in [0.4, 0.5) is 0 Å². The van der Waals surface area contributed by atoms with Gasteiger partial charge in [0.1, 0.15) is 0 Å². The molecule has 1 N–H and O–H groups in total. The first-order valence-corrected chi connectivity index (χ1v) is 7.29. The smallest absolute Gasteiger partial charge is 0.0540 e. The van der Waals surface area contributed by atoms with Crippen LogP contribution in [0.5, 0.6) is 0 Å². The maximum atomic E-state index is 9.96. The molecule has 0 saturated carbocycles. The molecule has 1 unspecified atom stereocenters. The summed E-state index contributed by atoms with van der Waals surface area (Å²) in [5.74, 6) is 0.254. The van der Waals surface area contributed by atoms with Crippen LogP contribution in [0.1, 0.15) is 49.7 Å². The van der Waals surface area contributed by atoms with Gasteiger partial charge in [-0.3, -0.25) is 9.97 Å². The summed E-state index contributed by atoms with van der Waals surface area (Å²) in [5.41, 5.74) is 2.37. The highest BCUT2D eigenvalue weighted by atomic mass is 16.3. The van der Waals surface area contributed by atoms with Crippen LogP contribution in [0.2, 0.25) is 0 Å². The van der Waals surface area contributed by atoms with Crippen molar-refractivity contribution in [2.75, 3.05) is 0 Å². The van der Waals surface area contributed by atoms with Gasteiger partial charge in [0.15, 0.2) is 0 Å². The lowest BCUT2D eigenvalue weighted by Crippen LogP contribution is -2.10. The van der Waals surface area contributed by atoms with Crippen LogP contribution in [0.25, 0.3) is 0 Å². The molecular weight excluding hydrogens is 248 g/mol. The van der Waals surface area contributed by atoms with Crippen LogP contribution in [0.3, 0.4) is 0 Å². The molecule has 0 aliphatic carbocycles. The second kappa shape index (κ2) is 7.75. The molecule has 2 rings (SSSR count). The number of aliphatic hydroxyl groups excluding tert-OH is 1. The van der Waals surface area contributed by atoms with E-state index in [1.807, 2.05) is 24.5 Å². The molecule has 3 heteroatoms. The summed E-state index contributed by atoms with van der Waals surface area (Å²) >= 11 is 0. The first-order chi connectivity index (χ1) is 9.81. The summed E-state index contributed by atoms with van der Waals surface area (Å²) in [5, 5.41) is 9.96. The van der Waals surface area contributed by atoms with E-state index in [1.165, 1.54) is 11.1 Å². The van der Waals surface area contributed by atoms with Gasteiger partial charge in [-0.15, -0.1) is 0 Å². The van der Waals surface area contributed by atoms with Crippen molar-refractivity contribution in [2.24, 2.45) is 0 Å². The van der Waals surface area contributed by atoms with Gasteiger partial charge in [0.25, 0.3) is 0 Å². The predicted octanol–water partition coefficient (Wildman–Crippen LogP) is 3.55. The van der Waals surface area contributed by atoms with Crippen LogP contribution in [-0.4, -0.2) is 21.2 Å². The molecule has 0 aromatic carbocycles. The third kappa shape index (κ3) is 4.14. The molecule has 106 valence electrons. The van der Waals surface area contributed by atoms with E-state index in [2.05, 4.69) is 29.0 Å². The summed E-state index contributed by atoms with van der Waals surface area (Å²) < 4.78 is 0. The van der Waals surface area contributed by atoms with Crippen molar-refractivity contribution < 1.29 is 5.11 Å². The fourth-order valence-electron chi connectivity index (χ4n) is 2.53. The van der Waals surface area contributed by atoms with E-state index in [4.69, 9.17) is 0 Å². The van der Waals surface area contributed by atoms with Gasteiger partial charge in [-0.05, 0) is 42.5 Å². The van der Waals surface area contributed by atoms with Gasteiger partial charge in [-0.25, -0.2) is 0 Å². The normalized spacial score (nSPS) is 12.6. The number of rotatable bonds is 7. The Morgan fingerprint density at radius 3 is 2.00 bits per heavy atom. The highest BCUT2D eigenvalue weighted by Gasteiger charge is 2.16. The zero-order valence-corrected chi connectivity index (χ0v) is 11.9. The van der Waals surface area contributed by atoms with E-state index < -0.39 is 0 Å². The summed E-state index contributed by atoms with van der Waals surface area (Å²) in [4.78, 5) is 8.42. The monoisotopic (exact) mass is 270 g/mol. The predicted molar refractivity (Wildman–Crippen MR) is 80.5 cm³/mol. The Morgan fingerprint density at radius 1 is 0.950 bits per heavy atom. The maximum absolute atomic E-state index is 9.96. The summed E-state index contributed by atoms with van der Waals surface area (Å²) in [6.45, 7) is 2.10. The lowest BCUT2D eigenvalue weighted by molar-refractivity contribution is 0.149. The molecule has 0 aliphatic rings. The highest BCUT2D eigenvalue weighted by molar-refractivity contribution is 5.28. The van der Waals surface area contributed by atoms with E-state index in [0.717, 1.165) is 25.7 Å². The number of nitrogens with zero attached hydrogens (tertiary/aromatic N) is 2. The molecular formula is C17H22N2O. The van der Waals surface area contributed by atoms with Crippen molar-refractivity contribution in [3.05, 3.63) is 60.2 Å². The molecule has 0 amide bonds. The minimum absolute atomic E-state index is 0.212. The molecule has 20 heavy (non-hydrogen) atoms. The van der Waals surface area contributed by atoms with Crippen molar-refractivity contribution >= 4 is 0 Å². The summed E-state index contributed by atoms with van der Waals surface area (Å²) in [7, 11) is 0. The molecule has 2 heterocycles. The third-order valence-corrected chi connectivity index (χ3v) is 3.58. The molecule has 3 nitrogen and oxygen atoms in total. The number of hydrogen-bond donors (Lipinski definition) is 1. The summed E-state index contributed by atoms with van der Waals surface area (Å²) in [6.07, 6.45) is 10.8. The fourth-order valence-corrected chi connectivity index (χ4v) is 2.53. The van der Waals surface area contributed by atoms with E-state index in [-0.39, 0.29) is 12.0 Å². The Bertz CT molecular complexity index is 447. The fraction of sp³-hybridized carbons (Fsp3) is 0.412. The molecule has 1 atom stereocenters. The molecule has 2 aromatic heterocycles. The molecule has 0 aliphatic heterocycles. The highest BCUT2D eigenvalue weighted by Crippen LogP contribution is 2.29. The molecule has 0 saturated heterocycles. The van der Waals surface area contributed by atoms with E-state index in [1.54, 1.807) is 12.4 Å². The number of pyridine rings is 2. The van der Waals surface area contributed by atoms with Crippen LogP contribution in [0.15, 0.2) is 49.1 Å². The Kier molecular flexibility index (Phi) is 5.69. The van der Waals surface area contributed by atoms with Gasteiger partial charge < -0.3 is 5.11 Å². The van der Waals surface area contributed by atoms with Crippen LogP contribution >= 0.6 is 0 Å². The minimum atomic E-state index is -0.212. The Hall–Kier alpha value is -1.74. The summed E-state index contributed by atoms with van der Waals surface area (Å²) in [6, 6.07) is 8.11. The molecule has 0 spiro atoms. The molecule has 0 radical (unpaired) electrons. The van der Waals surface area contributed by atoms with E-state index >= 15 is 0 Å². The molecule has 2 aromatic rings. The van der Waals surface area contributed by atoms with Gasteiger partial charge in [0.2, 0.25) is 0 Å². The first kappa shape index (κ1) is 14.7. The van der Waals surface area contributed by atoms with Crippen molar-refractivity contribution in [2.45, 2.75) is 44.6 Å². The topological polar surface area (TPSA) is 46.0 Å². The largest absolute Gasteiger partial charge is 0.393 e. The average Bonchev–Trinajstić information content (AvgIpc) is 2.50. The van der Waals surface area contributed by atoms with E-state index in [0.29, 0.717) is 0 Å². The van der Waals surface area contributed by atoms with Crippen molar-refractivity contribution in [3.8, 4) is 0 Å². The molecule has 0 fully saturated rings. The van der Waals surface area contributed by atoms with Gasteiger partial charge >= 0.3 is 0 Å². The standard InChI is InChI=1S/C17H22N2O/c1-2-5-16(20)8-9-17(14-6-3-10-18-12-14)15-7-4-11-19-13-15/h3-4,6-7,10-13,16-17,20H,2,5,8-9H2,1H3. The molecule has 0 bridgehead atoms. The van der Waals surface area contributed by atoms with Gasteiger partial charge in [-0.1, -0.05) is 25.5 Å². The third-order valence-electron chi connectivity index (χ3n) is 3.58. The Morgan fingerprint density at radius 2 is 1.55 bits per heavy atom. The second-order valence-corrected chi connectivity index (χ2v) is 5.15. The number of aliphatic hydroxyl groups is 1. The SMILES string of the molecule is CCCC(O)CCC(c1cccnc1)c1cccnc1. The minimum Gasteiger partial charge on any atom is -0.393 e. The van der Waals surface area contributed by atoms with Crippen molar-refractivity contribution in [1.29, 1.82) is 0 Å². The Balaban J connectivity index is 2.13. The van der Waals surface area contributed by atoms with Crippen molar-refractivity contribution in [1.82, 2.24) is 9.97 Å². The van der Waals surface area contributed by atoms with Gasteiger partial charge in [0.05, 0.1) is 6.10 Å². The second-order valence-electron chi connectivity index (χ2n) is 5.15. The lowest BCUT2D eigenvalue weighted by atomic mass is 9.88. The quantitative estimate of drug-likeness (QED) is 0.837. The van der Waals surface area contributed by atoms with Gasteiger partial charge in [0, 0.05) is 30.7 Å². The van der Waals surface area contributed by atoms with Crippen LogP contribution < -0.4 is 0 Å². The first-order valence-electron chi connectivity index (χ1n) is 7.29. The van der Waals surface area contributed by atoms with Crippen molar-refractivity contribution in [3.63, 3.8) is 0 Å². The maximum Gasteiger partial charge on any atom is 0.0540 e. The lowest BCUT2D eigenvalue weighted by Gasteiger charge is -2.19. The average molecular weight is 270 g/mol. The van der Waals surface area contributed by atoms with Gasteiger partial charge in [-0.2, -0.15) is 0 Å². The van der Waals surface area contributed by atoms with Crippen LogP contribution in [-0.2, 0) is 0 Å². The number of aromatic nitrogens is 2. The van der Waals surface area contributed by atoms with E-state index in [9.17, 15) is 5.11 Å². The zero-order chi connectivity index (χ0) is 14.2. The number of hydrogen-bond acceptors (Lipinski definition) is 3. The Labute approximate surface area is 120 Å². The van der Waals surface area contributed by atoms with Crippen LogP contribution in [0, 0.1) is 0 Å².